The lowest BCUT2D eigenvalue weighted by Crippen LogP contribution is -2.01. The predicted octanol–water partition coefficient (Wildman–Crippen LogP) is 3.46. The summed E-state index contributed by atoms with van der Waals surface area (Å²) in [6.07, 6.45) is 0.594. The number of nitrogens with one attached hydrogen (secondary N) is 1. The molecule has 19 heavy (non-hydrogen) atoms. The van der Waals surface area contributed by atoms with Gasteiger partial charge in [-0.3, -0.25) is 0 Å². The Morgan fingerprint density at radius 2 is 1.68 bits per heavy atom. The van der Waals surface area contributed by atoms with Crippen molar-refractivity contribution >= 4 is 16.9 Å². The number of para-hydroxylation sites is 1. The zero-order chi connectivity index (χ0) is 13.2. The fraction of sp³-hybridized carbons (Fsp3) is 0.0625. The number of rotatable bonds is 3. The third kappa shape index (κ3) is 2.10. The lowest BCUT2D eigenvalue weighted by molar-refractivity contribution is 0.0698. The Labute approximate surface area is 110 Å². The van der Waals surface area contributed by atoms with Crippen LogP contribution >= 0.6 is 0 Å². The first-order chi connectivity index (χ1) is 9.25. The summed E-state index contributed by atoms with van der Waals surface area (Å²) in [5.41, 5.74) is 3.08. The summed E-state index contributed by atoms with van der Waals surface area (Å²) in [7, 11) is 0. The highest BCUT2D eigenvalue weighted by molar-refractivity contribution is 6.04. The second-order valence-electron chi connectivity index (χ2n) is 4.49. The first-order valence-electron chi connectivity index (χ1n) is 6.12. The van der Waals surface area contributed by atoms with Gasteiger partial charge >= 0.3 is 5.97 Å². The third-order valence-electron chi connectivity index (χ3n) is 3.22. The smallest absolute Gasteiger partial charge is 0.338 e. The molecule has 0 aliphatic rings. The van der Waals surface area contributed by atoms with Crippen molar-refractivity contribution in [1.29, 1.82) is 0 Å². The molecule has 0 saturated heterocycles. The molecule has 1 aromatic heterocycles. The first-order valence-corrected chi connectivity index (χ1v) is 6.12. The molecule has 2 N–H and O–H groups in total. The molecule has 3 aromatic rings. The molecule has 0 atom stereocenters. The molecule has 0 bridgehead atoms. The summed E-state index contributed by atoms with van der Waals surface area (Å²) >= 11 is 0. The third-order valence-corrected chi connectivity index (χ3v) is 3.22. The van der Waals surface area contributed by atoms with Crippen LogP contribution in [0.3, 0.4) is 0 Å². The maximum atomic E-state index is 11.5. The van der Waals surface area contributed by atoms with Gasteiger partial charge in [0.2, 0.25) is 0 Å². The van der Waals surface area contributed by atoms with E-state index in [1.807, 2.05) is 54.6 Å². The molecule has 0 fully saturated rings. The van der Waals surface area contributed by atoms with Gasteiger partial charge in [-0.1, -0.05) is 48.5 Å². The summed E-state index contributed by atoms with van der Waals surface area (Å²) in [5, 5.41) is 10.2. The summed E-state index contributed by atoms with van der Waals surface area (Å²) in [4.78, 5) is 14.7. The zero-order valence-corrected chi connectivity index (χ0v) is 10.3. The van der Waals surface area contributed by atoms with E-state index in [0.29, 0.717) is 12.0 Å². The van der Waals surface area contributed by atoms with Crippen LogP contribution in [0.4, 0.5) is 0 Å². The maximum Gasteiger partial charge on any atom is 0.338 e. The van der Waals surface area contributed by atoms with Crippen LogP contribution in [-0.2, 0) is 6.42 Å². The average Bonchev–Trinajstić information content (AvgIpc) is 2.77. The lowest BCUT2D eigenvalue weighted by atomic mass is 10.0. The van der Waals surface area contributed by atoms with Gasteiger partial charge in [-0.05, 0) is 11.6 Å². The second-order valence-corrected chi connectivity index (χ2v) is 4.49. The van der Waals surface area contributed by atoms with Gasteiger partial charge in [-0.25, -0.2) is 4.79 Å². The standard InChI is InChI=1S/C16H13NO2/c18-16(19)15-12-8-4-5-9-13(12)17-14(15)10-11-6-2-1-3-7-11/h1-9,17H,10H2,(H,18,19). The molecule has 0 aliphatic heterocycles. The van der Waals surface area contributed by atoms with Crippen molar-refractivity contribution in [2.75, 3.05) is 0 Å². The highest BCUT2D eigenvalue weighted by Crippen LogP contribution is 2.24. The molecule has 0 unspecified atom stereocenters. The van der Waals surface area contributed by atoms with E-state index in [9.17, 15) is 9.90 Å². The van der Waals surface area contributed by atoms with Crippen LogP contribution in [0.15, 0.2) is 54.6 Å². The number of carbonyl (C=O) groups is 1. The van der Waals surface area contributed by atoms with Crippen molar-refractivity contribution in [3.63, 3.8) is 0 Å². The number of benzene rings is 2. The van der Waals surface area contributed by atoms with E-state index in [1.165, 1.54) is 0 Å². The quantitative estimate of drug-likeness (QED) is 0.749. The van der Waals surface area contributed by atoms with Gasteiger partial charge < -0.3 is 10.1 Å². The van der Waals surface area contributed by atoms with E-state index in [4.69, 9.17) is 0 Å². The molecule has 0 radical (unpaired) electrons. The summed E-state index contributed by atoms with van der Waals surface area (Å²) in [6, 6.07) is 17.4. The number of aromatic nitrogens is 1. The van der Waals surface area contributed by atoms with Crippen LogP contribution in [0.5, 0.6) is 0 Å². The fourth-order valence-electron chi connectivity index (χ4n) is 2.37. The van der Waals surface area contributed by atoms with Crippen molar-refractivity contribution in [3.8, 4) is 0 Å². The normalized spacial score (nSPS) is 10.7. The molecule has 0 amide bonds. The number of carboxylic acid groups (broad SMARTS) is 1. The molecule has 3 heteroatoms. The zero-order valence-electron chi connectivity index (χ0n) is 10.3. The number of aromatic carboxylic acids is 1. The molecular formula is C16H13NO2. The van der Waals surface area contributed by atoms with Crippen molar-refractivity contribution in [1.82, 2.24) is 4.98 Å². The van der Waals surface area contributed by atoms with E-state index < -0.39 is 5.97 Å². The number of hydrogen-bond donors (Lipinski definition) is 2. The summed E-state index contributed by atoms with van der Waals surface area (Å²) in [5.74, 6) is -0.886. The van der Waals surface area contributed by atoms with Crippen LogP contribution in [0, 0.1) is 0 Å². The van der Waals surface area contributed by atoms with E-state index in [0.717, 1.165) is 22.2 Å². The van der Waals surface area contributed by atoms with Crippen molar-refractivity contribution in [3.05, 3.63) is 71.4 Å². The van der Waals surface area contributed by atoms with Gasteiger partial charge in [0.05, 0.1) is 5.56 Å². The number of aromatic amines is 1. The molecule has 3 rings (SSSR count). The van der Waals surface area contributed by atoms with Crippen molar-refractivity contribution in [2.45, 2.75) is 6.42 Å². The Morgan fingerprint density at radius 1 is 1.00 bits per heavy atom. The molecule has 0 spiro atoms. The topological polar surface area (TPSA) is 53.1 Å². The Kier molecular flexibility index (Phi) is 2.80. The van der Waals surface area contributed by atoms with E-state index in [-0.39, 0.29) is 0 Å². The molecule has 0 aliphatic carbocycles. The highest BCUT2D eigenvalue weighted by atomic mass is 16.4. The molecule has 2 aromatic carbocycles. The monoisotopic (exact) mass is 251 g/mol. The van der Waals surface area contributed by atoms with E-state index in [2.05, 4.69) is 4.98 Å². The molecule has 1 heterocycles. The number of H-pyrrole nitrogens is 1. The Bertz CT molecular complexity index is 729. The van der Waals surface area contributed by atoms with E-state index >= 15 is 0 Å². The minimum atomic E-state index is -0.886. The van der Waals surface area contributed by atoms with Gasteiger partial charge in [-0.15, -0.1) is 0 Å². The van der Waals surface area contributed by atoms with Crippen LogP contribution in [0.1, 0.15) is 21.6 Å². The van der Waals surface area contributed by atoms with Gasteiger partial charge in [-0.2, -0.15) is 0 Å². The maximum absolute atomic E-state index is 11.5. The van der Waals surface area contributed by atoms with Crippen LogP contribution in [-0.4, -0.2) is 16.1 Å². The Balaban J connectivity index is 2.13. The predicted molar refractivity (Wildman–Crippen MR) is 74.5 cm³/mol. The van der Waals surface area contributed by atoms with Crippen LogP contribution in [0.2, 0.25) is 0 Å². The van der Waals surface area contributed by atoms with Gasteiger partial charge in [0.25, 0.3) is 0 Å². The van der Waals surface area contributed by atoms with Gasteiger partial charge in [0.15, 0.2) is 0 Å². The second kappa shape index (κ2) is 4.61. The first kappa shape index (κ1) is 11.5. The van der Waals surface area contributed by atoms with Crippen molar-refractivity contribution < 1.29 is 9.90 Å². The van der Waals surface area contributed by atoms with E-state index in [1.54, 1.807) is 0 Å². The number of carboxylic acids is 1. The average molecular weight is 251 g/mol. The summed E-state index contributed by atoms with van der Waals surface area (Å²) < 4.78 is 0. The van der Waals surface area contributed by atoms with Gasteiger partial charge in [0.1, 0.15) is 0 Å². The SMILES string of the molecule is O=C(O)c1c(Cc2ccccc2)[nH]c2ccccc12. The molecule has 94 valence electrons. The molecular weight excluding hydrogens is 238 g/mol. The van der Waals surface area contributed by atoms with Crippen molar-refractivity contribution in [2.24, 2.45) is 0 Å². The largest absolute Gasteiger partial charge is 0.478 e. The Morgan fingerprint density at radius 3 is 2.42 bits per heavy atom. The number of hydrogen-bond acceptors (Lipinski definition) is 1. The fourth-order valence-corrected chi connectivity index (χ4v) is 2.37. The molecule has 3 nitrogen and oxygen atoms in total. The molecule has 0 saturated carbocycles. The lowest BCUT2D eigenvalue weighted by Gasteiger charge is -2.01. The van der Waals surface area contributed by atoms with Gasteiger partial charge in [0, 0.05) is 23.0 Å². The minimum absolute atomic E-state index is 0.374. The Hall–Kier alpha value is -2.55. The summed E-state index contributed by atoms with van der Waals surface area (Å²) in [6.45, 7) is 0. The number of fused-ring (bicyclic) bond motifs is 1. The van der Waals surface area contributed by atoms with Crippen LogP contribution < -0.4 is 0 Å². The highest BCUT2D eigenvalue weighted by Gasteiger charge is 2.17. The minimum Gasteiger partial charge on any atom is -0.478 e. The van der Waals surface area contributed by atoms with Crippen LogP contribution in [0.25, 0.3) is 10.9 Å².